The fourth-order valence-corrected chi connectivity index (χ4v) is 2.44. The third-order valence-corrected chi connectivity index (χ3v) is 3.55. The van der Waals surface area contributed by atoms with Crippen LogP contribution in [0.5, 0.6) is 0 Å². The number of hydrogen-bond acceptors (Lipinski definition) is 3. The van der Waals surface area contributed by atoms with Gasteiger partial charge in [0.25, 0.3) is 0 Å². The second kappa shape index (κ2) is 5.83. The van der Waals surface area contributed by atoms with Crippen LogP contribution in [0.25, 0.3) is 0 Å². The van der Waals surface area contributed by atoms with Crippen LogP contribution in [-0.2, 0) is 6.18 Å². The Kier molecular flexibility index (Phi) is 4.32. The number of carbonyl (C=O) groups excluding carboxylic acids is 1. The van der Waals surface area contributed by atoms with Crippen LogP contribution in [0, 0.1) is 5.92 Å². The molecule has 0 amide bonds. The Balaban J connectivity index is 2.16. The lowest BCUT2D eigenvalue weighted by molar-refractivity contribution is -0.137. The van der Waals surface area contributed by atoms with Crippen LogP contribution in [0.1, 0.15) is 35.2 Å². The van der Waals surface area contributed by atoms with Crippen LogP contribution in [0.2, 0.25) is 0 Å². The van der Waals surface area contributed by atoms with Crippen LogP contribution in [0.4, 0.5) is 18.9 Å². The van der Waals surface area contributed by atoms with Gasteiger partial charge < -0.3 is 11.1 Å². The summed E-state index contributed by atoms with van der Waals surface area (Å²) in [5, 5.41) is 3.18. The number of alkyl halides is 3. The second-order valence-electron chi connectivity index (χ2n) is 5.14. The molecule has 0 spiro atoms. The van der Waals surface area contributed by atoms with E-state index in [4.69, 9.17) is 5.73 Å². The minimum atomic E-state index is -4.46. The van der Waals surface area contributed by atoms with Gasteiger partial charge >= 0.3 is 6.18 Å². The van der Waals surface area contributed by atoms with Gasteiger partial charge in [0.15, 0.2) is 5.78 Å². The van der Waals surface area contributed by atoms with Gasteiger partial charge in [-0.1, -0.05) is 0 Å². The molecule has 1 aliphatic rings. The molecule has 1 aliphatic heterocycles. The number of benzene rings is 1. The maximum absolute atomic E-state index is 12.7. The first-order valence-electron chi connectivity index (χ1n) is 6.58. The zero-order valence-electron chi connectivity index (χ0n) is 11.0. The largest absolute Gasteiger partial charge is 0.416 e. The van der Waals surface area contributed by atoms with E-state index in [2.05, 4.69) is 5.32 Å². The molecule has 1 unspecified atom stereocenters. The highest BCUT2D eigenvalue weighted by atomic mass is 19.4. The zero-order valence-corrected chi connectivity index (χ0v) is 11.0. The molecule has 0 aromatic heterocycles. The SMILES string of the molecule is Nc1ccc(C(F)(F)F)cc1C(=O)CC1CCCNC1. The van der Waals surface area contributed by atoms with E-state index < -0.39 is 11.7 Å². The molecule has 3 N–H and O–H groups in total. The van der Waals surface area contributed by atoms with E-state index in [0.29, 0.717) is 0 Å². The van der Waals surface area contributed by atoms with E-state index >= 15 is 0 Å². The van der Waals surface area contributed by atoms with E-state index in [9.17, 15) is 18.0 Å². The number of rotatable bonds is 3. The first-order chi connectivity index (χ1) is 9.38. The van der Waals surface area contributed by atoms with Crippen LogP contribution < -0.4 is 11.1 Å². The Morgan fingerprint density at radius 3 is 2.75 bits per heavy atom. The first-order valence-corrected chi connectivity index (χ1v) is 6.58. The molecule has 1 aromatic carbocycles. The van der Waals surface area contributed by atoms with Gasteiger partial charge in [0.05, 0.1) is 5.56 Å². The molecular weight excluding hydrogens is 269 g/mol. The van der Waals surface area contributed by atoms with Gasteiger partial charge in [-0.05, 0) is 50.0 Å². The Morgan fingerprint density at radius 2 is 2.15 bits per heavy atom. The van der Waals surface area contributed by atoms with Crippen molar-refractivity contribution in [3.05, 3.63) is 29.3 Å². The molecule has 3 nitrogen and oxygen atoms in total. The Hall–Kier alpha value is -1.56. The van der Waals surface area contributed by atoms with Gasteiger partial charge in [-0.15, -0.1) is 0 Å². The molecule has 1 aromatic rings. The molecule has 20 heavy (non-hydrogen) atoms. The Morgan fingerprint density at radius 1 is 1.40 bits per heavy atom. The number of nitrogens with two attached hydrogens (primary N) is 1. The van der Waals surface area contributed by atoms with Gasteiger partial charge in [0.2, 0.25) is 0 Å². The number of hydrogen-bond donors (Lipinski definition) is 2. The highest BCUT2D eigenvalue weighted by molar-refractivity contribution is 6.01. The van der Waals surface area contributed by atoms with Crippen molar-refractivity contribution < 1.29 is 18.0 Å². The molecule has 0 radical (unpaired) electrons. The molecule has 1 heterocycles. The molecular formula is C14H17F3N2O. The summed E-state index contributed by atoms with van der Waals surface area (Å²) in [6.45, 7) is 1.65. The van der Waals surface area contributed by atoms with Gasteiger partial charge in [-0.25, -0.2) is 0 Å². The maximum Gasteiger partial charge on any atom is 0.416 e. The van der Waals surface area contributed by atoms with E-state index in [1.807, 2.05) is 0 Å². The van der Waals surface area contributed by atoms with Crippen LogP contribution in [0.3, 0.4) is 0 Å². The quantitative estimate of drug-likeness (QED) is 0.663. The number of anilines is 1. The van der Waals surface area contributed by atoms with Crippen molar-refractivity contribution in [3.63, 3.8) is 0 Å². The molecule has 0 bridgehead atoms. The summed E-state index contributed by atoms with van der Waals surface area (Å²) in [5.41, 5.74) is 4.88. The number of nitrogen functional groups attached to an aromatic ring is 1. The minimum absolute atomic E-state index is 0.0228. The predicted molar refractivity (Wildman–Crippen MR) is 70.4 cm³/mol. The predicted octanol–water partition coefficient (Wildman–Crippen LogP) is 2.86. The average Bonchev–Trinajstić information content (AvgIpc) is 2.39. The van der Waals surface area contributed by atoms with Crippen LogP contribution in [-0.4, -0.2) is 18.9 Å². The normalized spacial score (nSPS) is 19.9. The summed E-state index contributed by atoms with van der Waals surface area (Å²) in [6.07, 6.45) is -2.33. The maximum atomic E-state index is 12.7. The lowest BCUT2D eigenvalue weighted by atomic mass is 9.91. The lowest BCUT2D eigenvalue weighted by Crippen LogP contribution is -2.31. The van der Waals surface area contributed by atoms with Crippen molar-refractivity contribution in [2.24, 2.45) is 5.92 Å². The van der Waals surface area contributed by atoms with Crippen molar-refractivity contribution >= 4 is 11.5 Å². The fourth-order valence-electron chi connectivity index (χ4n) is 2.44. The number of carbonyl (C=O) groups is 1. The van der Waals surface area contributed by atoms with Crippen LogP contribution in [0.15, 0.2) is 18.2 Å². The highest BCUT2D eigenvalue weighted by Gasteiger charge is 2.31. The van der Waals surface area contributed by atoms with E-state index in [0.717, 1.165) is 44.1 Å². The molecule has 0 saturated carbocycles. The monoisotopic (exact) mass is 286 g/mol. The molecule has 1 fully saturated rings. The van der Waals surface area contributed by atoms with Crippen molar-refractivity contribution in [1.29, 1.82) is 0 Å². The number of halogens is 3. The number of ketones is 1. The molecule has 6 heteroatoms. The fraction of sp³-hybridized carbons (Fsp3) is 0.500. The molecule has 1 atom stereocenters. The highest BCUT2D eigenvalue weighted by Crippen LogP contribution is 2.32. The topological polar surface area (TPSA) is 55.1 Å². The van der Waals surface area contributed by atoms with Gasteiger partial charge in [-0.3, -0.25) is 4.79 Å². The summed E-state index contributed by atoms with van der Waals surface area (Å²) in [4.78, 5) is 12.1. The summed E-state index contributed by atoms with van der Waals surface area (Å²) >= 11 is 0. The van der Waals surface area contributed by atoms with Crippen molar-refractivity contribution in [2.75, 3.05) is 18.8 Å². The third-order valence-electron chi connectivity index (χ3n) is 3.55. The standard InChI is InChI=1S/C14H17F3N2O/c15-14(16,17)10-3-4-12(18)11(7-10)13(20)6-9-2-1-5-19-8-9/h3-4,7,9,19H,1-2,5-6,8,18H2. The number of piperidine rings is 1. The first kappa shape index (κ1) is 14.8. The summed E-state index contributed by atoms with van der Waals surface area (Å²) in [6, 6.07) is 2.90. The van der Waals surface area contributed by atoms with E-state index in [-0.39, 0.29) is 29.4 Å². The number of Topliss-reactive ketones (excluding diaryl/α,β-unsaturated/α-hetero) is 1. The third kappa shape index (κ3) is 3.50. The second-order valence-corrected chi connectivity index (χ2v) is 5.14. The van der Waals surface area contributed by atoms with Crippen molar-refractivity contribution in [2.45, 2.75) is 25.4 Å². The van der Waals surface area contributed by atoms with Crippen LogP contribution >= 0.6 is 0 Å². The molecule has 1 saturated heterocycles. The van der Waals surface area contributed by atoms with Gasteiger partial charge in [0.1, 0.15) is 0 Å². The average molecular weight is 286 g/mol. The van der Waals surface area contributed by atoms with Gasteiger partial charge in [-0.2, -0.15) is 13.2 Å². The minimum Gasteiger partial charge on any atom is -0.398 e. The molecule has 110 valence electrons. The summed E-state index contributed by atoms with van der Waals surface area (Å²) < 4.78 is 38.0. The smallest absolute Gasteiger partial charge is 0.398 e. The van der Waals surface area contributed by atoms with Crippen molar-refractivity contribution in [3.8, 4) is 0 Å². The Bertz CT molecular complexity index is 494. The van der Waals surface area contributed by atoms with Crippen molar-refractivity contribution in [1.82, 2.24) is 5.32 Å². The van der Waals surface area contributed by atoms with E-state index in [1.54, 1.807) is 0 Å². The Labute approximate surface area is 115 Å². The van der Waals surface area contributed by atoms with E-state index in [1.165, 1.54) is 0 Å². The summed E-state index contributed by atoms with van der Waals surface area (Å²) in [5.74, 6) is -0.146. The molecule has 0 aliphatic carbocycles. The summed E-state index contributed by atoms with van der Waals surface area (Å²) in [7, 11) is 0. The lowest BCUT2D eigenvalue weighted by Gasteiger charge is -2.22. The van der Waals surface area contributed by atoms with Gasteiger partial charge in [0, 0.05) is 17.7 Å². The number of nitrogens with one attached hydrogen (secondary N) is 1. The zero-order chi connectivity index (χ0) is 14.8. The molecule has 2 rings (SSSR count).